The highest BCUT2D eigenvalue weighted by Gasteiger charge is 2.07. The Balaban J connectivity index is 2.18. The second-order valence-corrected chi connectivity index (χ2v) is 6.17. The van der Waals surface area contributed by atoms with Gasteiger partial charge in [-0.1, -0.05) is 28.1 Å². The Labute approximate surface area is 116 Å². The van der Waals surface area contributed by atoms with E-state index in [1.54, 1.807) is 18.2 Å². The van der Waals surface area contributed by atoms with E-state index in [1.807, 2.05) is 12.1 Å². The lowest BCUT2D eigenvalue weighted by atomic mass is 10.2. The van der Waals surface area contributed by atoms with Gasteiger partial charge in [-0.25, -0.2) is 4.39 Å². The highest BCUT2D eigenvalue weighted by molar-refractivity contribution is 9.10. The number of halogens is 2. The largest absolute Gasteiger partial charge is 0.396 e. The summed E-state index contributed by atoms with van der Waals surface area (Å²) in [5.74, 6) is -0.202. The molecule has 18 heavy (non-hydrogen) atoms. The van der Waals surface area contributed by atoms with Crippen LogP contribution in [0.3, 0.4) is 0 Å². The third-order valence-corrected chi connectivity index (χ3v) is 4.29. The molecule has 2 aromatic rings. The van der Waals surface area contributed by atoms with Gasteiger partial charge in [-0.3, -0.25) is 4.21 Å². The van der Waals surface area contributed by atoms with Gasteiger partial charge in [0.25, 0.3) is 0 Å². The summed E-state index contributed by atoms with van der Waals surface area (Å²) in [6, 6.07) is 11.8. The molecule has 0 fully saturated rings. The van der Waals surface area contributed by atoms with Crippen LogP contribution in [0.2, 0.25) is 0 Å². The molecule has 0 amide bonds. The van der Waals surface area contributed by atoms with Crippen molar-refractivity contribution in [3.63, 3.8) is 0 Å². The highest BCUT2D eigenvalue weighted by atomic mass is 79.9. The third kappa shape index (κ3) is 3.17. The Morgan fingerprint density at radius 3 is 2.67 bits per heavy atom. The lowest BCUT2D eigenvalue weighted by molar-refractivity contribution is 0.631. The molecule has 2 rings (SSSR count). The summed E-state index contributed by atoms with van der Waals surface area (Å²) in [7, 11) is -1.20. The van der Waals surface area contributed by atoms with Crippen LogP contribution in [0.1, 0.15) is 5.56 Å². The quantitative estimate of drug-likeness (QED) is 0.877. The van der Waals surface area contributed by atoms with Crippen molar-refractivity contribution < 1.29 is 8.60 Å². The first kappa shape index (κ1) is 13.2. The van der Waals surface area contributed by atoms with Crippen molar-refractivity contribution in [2.24, 2.45) is 0 Å². The fourth-order valence-electron chi connectivity index (χ4n) is 1.50. The maximum absolute atomic E-state index is 13.3. The molecule has 0 aliphatic rings. The van der Waals surface area contributed by atoms with Crippen molar-refractivity contribution >= 4 is 32.4 Å². The molecular formula is C13H11BrFNOS. The van der Waals surface area contributed by atoms with E-state index in [-0.39, 0.29) is 11.4 Å². The predicted octanol–water partition coefficient (Wildman–Crippen LogP) is 3.48. The van der Waals surface area contributed by atoms with Crippen molar-refractivity contribution in [3.05, 3.63) is 58.3 Å². The Morgan fingerprint density at radius 1 is 1.22 bits per heavy atom. The highest BCUT2D eigenvalue weighted by Crippen LogP contribution is 2.19. The van der Waals surface area contributed by atoms with Crippen LogP contribution in [0.25, 0.3) is 0 Å². The van der Waals surface area contributed by atoms with E-state index >= 15 is 0 Å². The van der Waals surface area contributed by atoms with Gasteiger partial charge in [0.15, 0.2) is 0 Å². The minimum absolute atomic E-state index is 0.104. The molecule has 0 saturated heterocycles. The van der Waals surface area contributed by atoms with E-state index in [2.05, 4.69) is 15.9 Å². The standard InChI is InChI=1S/C13H11BrFNOS/c14-10-2-1-3-11(7-10)18(17)8-9-4-5-13(16)12(15)6-9/h1-7H,8,16H2. The molecule has 0 spiro atoms. The molecule has 0 aromatic heterocycles. The monoisotopic (exact) mass is 327 g/mol. The molecule has 0 heterocycles. The maximum atomic E-state index is 13.3. The Morgan fingerprint density at radius 2 is 2.00 bits per heavy atom. The fraction of sp³-hybridized carbons (Fsp3) is 0.0769. The van der Waals surface area contributed by atoms with Gasteiger partial charge in [-0.05, 0) is 35.9 Å². The molecule has 94 valence electrons. The summed E-state index contributed by atoms with van der Waals surface area (Å²) < 4.78 is 26.2. The van der Waals surface area contributed by atoms with E-state index < -0.39 is 16.6 Å². The predicted molar refractivity (Wildman–Crippen MR) is 75.1 cm³/mol. The number of nitrogen functional groups attached to an aromatic ring is 1. The Hall–Kier alpha value is -1.20. The summed E-state index contributed by atoms with van der Waals surface area (Å²) in [6.45, 7) is 0. The summed E-state index contributed by atoms with van der Waals surface area (Å²) in [6.07, 6.45) is 0. The topological polar surface area (TPSA) is 43.1 Å². The van der Waals surface area contributed by atoms with Gasteiger partial charge in [-0.2, -0.15) is 0 Å². The Bertz CT molecular complexity index is 603. The normalized spacial score (nSPS) is 12.3. The van der Waals surface area contributed by atoms with Crippen LogP contribution in [0.5, 0.6) is 0 Å². The zero-order valence-electron chi connectivity index (χ0n) is 9.40. The molecule has 0 bridgehead atoms. The van der Waals surface area contributed by atoms with Crippen molar-refractivity contribution in [1.82, 2.24) is 0 Å². The van der Waals surface area contributed by atoms with Gasteiger partial charge < -0.3 is 5.73 Å². The van der Waals surface area contributed by atoms with Gasteiger partial charge in [0.05, 0.1) is 22.2 Å². The van der Waals surface area contributed by atoms with Crippen LogP contribution in [0.15, 0.2) is 51.8 Å². The minimum atomic E-state index is -1.20. The first-order valence-electron chi connectivity index (χ1n) is 5.24. The van der Waals surface area contributed by atoms with E-state index in [1.165, 1.54) is 12.1 Å². The van der Waals surface area contributed by atoms with E-state index in [0.717, 1.165) is 4.47 Å². The van der Waals surface area contributed by atoms with Gasteiger partial charge in [0.2, 0.25) is 0 Å². The number of anilines is 1. The summed E-state index contributed by atoms with van der Waals surface area (Å²) in [5, 5.41) is 0. The van der Waals surface area contributed by atoms with E-state index in [0.29, 0.717) is 10.5 Å². The van der Waals surface area contributed by atoms with Gasteiger partial charge in [0.1, 0.15) is 5.82 Å². The molecule has 5 heteroatoms. The lowest BCUT2D eigenvalue weighted by Crippen LogP contribution is -1.98. The van der Waals surface area contributed by atoms with Crippen LogP contribution >= 0.6 is 15.9 Å². The molecule has 2 aromatic carbocycles. The van der Waals surface area contributed by atoms with Gasteiger partial charge in [-0.15, -0.1) is 0 Å². The van der Waals surface area contributed by atoms with E-state index in [9.17, 15) is 8.60 Å². The third-order valence-electron chi connectivity index (χ3n) is 2.42. The summed E-state index contributed by atoms with van der Waals surface area (Å²) >= 11 is 3.33. The minimum Gasteiger partial charge on any atom is -0.396 e. The first-order chi connectivity index (χ1) is 8.56. The van der Waals surface area contributed by atoms with Gasteiger partial charge >= 0.3 is 0 Å². The number of benzene rings is 2. The molecule has 0 aliphatic carbocycles. The van der Waals surface area contributed by atoms with Crippen molar-refractivity contribution in [2.75, 3.05) is 5.73 Å². The molecule has 2 nitrogen and oxygen atoms in total. The average Bonchev–Trinajstić information content (AvgIpc) is 2.34. The molecule has 2 N–H and O–H groups in total. The number of hydrogen-bond acceptors (Lipinski definition) is 2. The molecule has 0 aliphatic heterocycles. The SMILES string of the molecule is Nc1ccc(CS(=O)c2cccc(Br)c2)cc1F. The second-order valence-electron chi connectivity index (χ2n) is 3.80. The van der Waals surface area contributed by atoms with Gasteiger partial charge in [0, 0.05) is 9.37 Å². The molecule has 0 saturated carbocycles. The van der Waals surface area contributed by atoms with Crippen LogP contribution in [0, 0.1) is 5.82 Å². The lowest BCUT2D eigenvalue weighted by Gasteiger charge is -2.04. The van der Waals surface area contributed by atoms with Crippen molar-refractivity contribution in [3.8, 4) is 0 Å². The summed E-state index contributed by atoms with van der Waals surface area (Å²) in [4.78, 5) is 0.710. The first-order valence-corrected chi connectivity index (χ1v) is 7.35. The van der Waals surface area contributed by atoms with Crippen molar-refractivity contribution in [2.45, 2.75) is 10.6 Å². The van der Waals surface area contributed by atoms with Crippen LogP contribution in [0.4, 0.5) is 10.1 Å². The number of nitrogens with two attached hydrogens (primary N) is 1. The zero-order valence-corrected chi connectivity index (χ0v) is 11.8. The van der Waals surface area contributed by atoms with E-state index in [4.69, 9.17) is 5.73 Å². The second kappa shape index (κ2) is 5.63. The molecule has 1 unspecified atom stereocenters. The van der Waals surface area contributed by atoms with Crippen LogP contribution in [-0.2, 0) is 16.6 Å². The molecule has 0 radical (unpaired) electrons. The summed E-state index contributed by atoms with van der Waals surface area (Å²) in [5.41, 5.74) is 6.16. The fourth-order valence-corrected chi connectivity index (χ4v) is 3.19. The Kier molecular flexibility index (Phi) is 4.14. The molecule has 1 atom stereocenters. The van der Waals surface area contributed by atoms with Crippen molar-refractivity contribution in [1.29, 1.82) is 0 Å². The smallest absolute Gasteiger partial charge is 0.146 e. The maximum Gasteiger partial charge on any atom is 0.146 e. The number of hydrogen-bond donors (Lipinski definition) is 1. The zero-order chi connectivity index (χ0) is 13.1. The molecular weight excluding hydrogens is 317 g/mol. The van der Waals surface area contributed by atoms with Crippen LogP contribution in [-0.4, -0.2) is 4.21 Å². The average molecular weight is 328 g/mol. The number of rotatable bonds is 3. The van der Waals surface area contributed by atoms with Crippen LogP contribution < -0.4 is 5.73 Å².